The van der Waals surface area contributed by atoms with Crippen molar-refractivity contribution in [2.24, 2.45) is 0 Å². The van der Waals surface area contributed by atoms with Gasteiger partial charge in [0.25, 0.3) is 0 Å². The molecule has 0 bridgehead atoms. The molecule has 0 aliphatic rings. The summed E-state index contributed by atoms with van der Waals surface area (Å²) in [6, 6.07) is 19.4. The van der Waals surface area contributed by atoms with Gasteiger partial charge >= 0.3 is 0 Å². The molecule has 0 heterocycles. The second-order valence-corrected chi connectivity index (χ2v) is 4.24. The number of aryl methyl sites for hydroxylation is 1. The Morgan fingerprint density at radius 1 is 0.824 bits per heavy atom. The smallest absolute Gasteiger partial charge is 0.0184 e. The zero-order chi connectivity index (χ0) is 11.9. The first-order chi connectivity index (χ1) is 8.40. The Morgan fingerprint density at radius 2 is 1.47 bits per heavy atom. The van der Waals surface area contributed by atoms with Gasteiger partial charge in [-0.15, -0.1) is 6.58 Å². The van der Waals surface area contributed by atoms with Gasteiger partial charge in [-0.3, -0.25) is 0 Å². The summed E-state index contributed by atoms with van der Waals surface area (Å²) in [4.78, 5) is 0. The van der Waals surface area contributed by atoms with E-state index in [9.17, 15) is 0 Å². The van der Waals surface area contributed by atoms with E-state index in [1.807, 2.05) is 12.1 Å². The standard InChI is InChI=1S/C17H18/c1-2-3-5-8-15-11-13-17(14-12-15)16-9-6-4-7-10-16/h2,4,6-7,9-14H,1,3,5,8H2. The maximum absolute atomic E-state index is 3.75. The minimum absolute atomic E-state index is 1.10. The molecule has 2 rings (SSSR count). The van der Waals surface area contributed by atoms with Gasteiger partial charge in [-0.2, -0.15) is 0 Å². The first-order valence-corrected chi connectivity index (χ1v) is 6.15. The van der Waals surface area contributed by atoms with Crippen molar-refractivity contribution >= 4 is 0 Å². The molecule has 0 saturated heterocycles. The highest BCUT2D eigenvalue weighted by molar-refractivity contribution is 5.63. The minimum atomic E-state index is 1.10. The summed E-state index contributed by atoms with van der Waals surface area (Å²) >= 11 is 0. The van der Waals surface area contributed by atoms with Crippen molar-refractivity contribution < 1.29 is 0 Å². The summed E-state index contributed by atoms with van der Waals surface area (Å²) in [6.45, 7) is 3.75. The Bertz CT molecular complexity index is 451. The molecule has 17 heavy (non-hydrogen) atoms. The predicted molar refractivity (Wildman–Crippen MR) is 75.0 cm³/mol. The van der Waals surface area contributed by atoms with E-state index in [-0.39, 0.29) is 0 Å². The molecule has 0 N–H and O–H groups in total. The van der Waals surface area contributed by atoms with E-state index in [1.54, 1.807) is 0 Å². The van der Waals surface area contributed by atoms with Crippen molar-refractivity contribution in [3.05, 3.63) is 72.8 Å². The van der Waals surface area contributed by atoms with Crippen LogP contribution in [0.15, 0.2) is 67.3 Å². The fourth-order valence-electron chi connectivity index (χ4n) is 1.94. The molecular weight excluding hydrogens is 204 g/mol. The van der Waals surface area contributed by atoms with Gasteiger partial charge in [0.05, 0.1) is 0 Å². The van der Waals surface area contributed by atoms with E-state index in [2.05, 4.69) is 55.1 Å². The van der Waals surface area contributed by atoms with Crippen molar-refractivity contribution in [3.63, 3.8) is 0 Å². The number of benzene rings is 2. The van der Waals surface area contributed by atoms with Gasteiger partial charge in [-0.1, -0.05) is 60.7 Å². The molecule has 86 valence electrons. The molecule has 2 aromatic carbocycles. The topological polar surface area (TPSA) is 0 Å². The number of allylic oxidation sites excluding steroid dienone is 1. The van der Waals surface area contributed by atoms with Crippen LogP contribution in [0.3, 0.4) is 0 Å². The molecule has 0 aliphatic carbocycles. The SMILES string of the molecule is C=CCCCc1ccc(-c2ccccc2)cc1. The molecule has 0 atom stereocenters. The van der Waals surface area contributed by atoms with Crippen LogP contribution in [0.2, 0.25) is 0 Å². The number of hydrogen-bond acceptors (Lipinski definition) is 0. The van der Waals surface area contributed by atoms with E-state index < -0.39 is 0 Å². The van der Waals surface area contributed by atoms with Crippen LogP contribution in [-0.4, -0.2) is 0 Å². The Morgan fingerprint density at radius 3 is 2.12 bits per heavy atom. The van der Waals surface area contributed by atoms with E-state index in [4.69, 9.17) is 0 Å². The maximum Gasteiger partial charge on any atom is -0.0184 e. The Hall–Kier alpha value is -1.82. The number of unbranched alkanes of at least 4 members (excludes halogenated alkanes) is 1. The van der Waals surface area contributed by atoms with E-state index in [0.29, 0.717) is 0 Å². The largest absolute Gasteiger partial charge is 0.103 e. The van der Waals surface area contributed by atoms with Crippen LogP contribution in [0.5, 0.6) is 0 Å². The van der Waals surface area contributed by atoms with Crippen molar-refractivity contribution in [2.75, 3.05) is 0 Å². The van der Waals surface area contributed by atoms with Crippen LogP contribution in [0.4, 0.5) is 0 Å². The van der Waals surface area contributed by atoms with Gasteiger partial charge in [0.2, 0.25) is 0 Å². The van der Waals surface area contributed by atoms with Gasteiger partial charge in [-0.05, 0) is 36.0 Å². The second-order valence-electron chi connectivity index (χ2n) is 4.24. The fourth-order valence-corrected chi connectivity index (χ4v) is 1.94. The van der Waals surface area contributed by atoms with Crippen LogP contribution in [0.1, 0.15) is 18.4 Å². The summed E-state index contributed by atoms with van der Waals surface area (Å²) in [5.41, 5.74) is 3.98. The lowest BCUT2D eigenvalue weighted by molar-refractivity contribution is 0.844. The van der Waals surface area contributed by atoms with Crippen molar-refractivity contribution in [3.8, 4) is 11.1 Å². The third-order valence-corrected chi connectivity index (χ3v) is 2.93. The molecule has 0 unspecified atom stereocenters. The first-order valence-electron chi connectivity index (χ1n) is 6.15. The van der Waals surface area contributed by atoms with Gasteiger partial charge in [0, 0.05) is 0 Å². The van der Waals surface area contributed by atoms with Crippen molar-refractivity contribution in [1.82, 2.24) is 0 Å². The van der Waals surface area contributed by atoms with Crippen LogP contribution in [-0.2, 0) is 6.42 Å². The van der Waals surface area contributed by atoms with Gasteiger partial charge in [0.1, 0.15) is 0 Å². The zero-order valence-electron chi connectivity index (χ0n) is 10.1. The molecular formula is C17H18. The summed E-state index contributed by atoms with van der Waals surface area (Å²) in [7, 11) is 0. The van der Waals surface area contributed by atoms with Gasteiger partial charge in [-0.25, -0.2) is 0 Å². The van der Waals surface area contributed by atoms with Crippen molar-refractivity contribution in [2.45, 2.75) is 19.3 Å². The maximum atomic E-state index is 3.75. The summed E-state index contributed by atoms with van der Waals surface area (Å²) in [5.74, 6) is 0. The third kappa shape index (κ3) is 3.32. The first kappa shape index (κ1) is 11.7. The summed E-state index contributed by atoms with van der Waals surface area (Å²) in [6.07, 6.45) is 5.41. The zero-order valence-corrected chi connectivity index (χ0v) is 10.1. The van der Waals surface area contributed by atoms with Crippen molar-refractivity contribution in [1.29, 1.82) is 0 Å². The third-order valence-electron chi connectivity index (χ3n) is 2.93. The van der Waals surface area contributed by atoms with Crippen LogP contribution in [0, 0.1) is 0 Å². The molecule has 0 aromatic heterocycles. The normalized spacial score (nSPS) is 10.1. The molecule has 0 spiro atoms. The molecule has 0 heteroatoms. The second kappa shape index (κ2) is 6.05. The predicted octanol–water partition coefficient (Wildman–Crippen LogP) is 4.86. The lowest BCUT2D eigenvalue weighted by Crippen LogP contribution is -1.85. The Labute approximate surface area is 104 Å². The summed E-state index contributed by atoms with van der Waals surface area (Å²) in [5, 5.41) is 0. The molecule has 0 fully saturated rings. The van der Waals surface area contributed by atoms with Crippen LogP contribution < -0.4 is 0 Å². The molecule has 0 nitrogen and oxygen atoms in total. The van der Waals surface area contributed by atoms with Gasteiger partial charge < -0.3 is 0 Å². The minimum Gasteiger partial charge on any atom is -0.103 e. The van der Waals surface area contributed by atoms with Crippen LogP contribution in [0.25, 0.3) is 11.1 Å². The monoisotopic (exact) mass is 222 g/mol. The Balaban J connectivity index is 2.05. The van der Waals surface area contributed by atoms with E-state index >= 15 is 0 Å². The molecule has 2 aromatic rings. The molecule has 0 aliphatic heterocycles. The van der Waals surface area contributed by atoms with Crippen LogP contribution >= 0.6 is 0 Å². The fraction of sp³-hybridized carbons (Fsp3) is 0.176. The summed E-state index contributed by atoms with van der Waals surface area (Å²) < 4.78 is 0. The highest BCUT2D eigenvalue weighted by Gasteiger charge is 1.97. The Kier molecular flexibility index (Phi) is 4.15. The van der Waals surface area contributed by atoms with E-state index in [1.165, 1.54) is 23.1 Å². The number of rotatable bonds is 5. The molecule has 0 radical (unpaired) electrons. The number of hydrogen-bond donors (Lipinski definition) is 0. The lowest BCUT2D eigenvalue weighted by Gasteiger charge is -2.04. The van der Waals surface area contributed by atoms with Gasteiger partial charge in [0.15, 0.2) is 0 Å². The molecule has 0 amide bonds. The lowest BCUT2D eigenvalue weighted by atomic mass is 10.0. The van der Waals surface area contributed by atoms with E-state index in [0.717, 1.165) is 12.8 Å². The quantitative estimate of drug-likeness (QED) is 0.500. The highest BCUT2D eigenvalue weighted by Crippen LogP contribution is 2.19. The average molecular weight is 222 g/mol. The molecule has 0 saturated carbocycles. The highest BCUT2D eigenvalue weighted by atomic mass is 14.0. The average Bonchev–Trinajstić information content (AvgIpc) is 2.41.